The highest BCUT2D eigenvalue weighted by atomic mass is 14.8. The third kappa shape index (κ3) is 0.868. The van der Waals surface area contributed by atoms with Crippen LogP contribution in [0.3, 0.4) is 0 Å². The highest BCUT2D eigenvalue weighted by molar-refractivity contribution is 5.08. The molecule has 0 amide bonds. The molecule has 2 saturated carbocycles. The second-order valence-electron chi connectivity index (χ2n) is 5.56. The Kier molecular flexibility index (Phi) is 1.26. The zero-order valence-electron chi connectivity index (χ0n) is 7.85. The minimum absolute atomic E-state index is 0.480. The van der Waals surface area contributed by atoms with Gasteiger partial charge in [0.15, 0.2) is 0 Å². The summed E-state index contributed by atoms with van der Waals surface area (Å²) < 4.78 is 0. The molecule has 0 heterocycles. The molecule has 0 aliphatic heterocycles. The predicted octanol–water partition coefficient (Wildman–Crippen LogP) is 2.16. The third-order valence-electron chi connectivity index (χ3n) is 4.11. The fourth-order valence-corrected chi connectivity index (χ4v) is 3.37. The van der Waals surface area contributed by atoms with Crippen LogP contribution in [-0.4, -0.2) is 6.04 Å². The molecular formula is C10H19N. The first-order valence-electron chi connectivity index (χ1n) is 4.70. The monoisotopic (exact) mass is 153 g/mol. The summed E-state index contributed by atoms with van der Waals surface area (Å²) >= 11 is 0. The number of hydrogen-bond donors (Lipinski definition) is 1. The zero-order valence-corrected chi connectivity index (χ0v) is 7.85. The molecule has 0 unspecified atom stereocenters. The van der Waals surface area contributed by atoms with Crippen molar-refractivity contribution < 1.29 is 0 Å². The number of rotatable bonds is 0. The molecular weight excluding hydrogens is 134 g/mol. The van der Waals surface area contributed by atoms with Crippen molar-refractivity contribution in [1.82, 2.24) is 0 Å². The Balaban J connectivity index is 2.27. The normalized spacial score (nSPS) is 53.5. The van der Waals surface area contributed by atoms with Gasteiger partial charge in [0, 0.05) is 6.04 Å². The number of fused-ring (bicyclic) bond motifs is 2. The lowest BCUT2D eigenvalue weighted by Gasteiger charge is -2.37. The summed E-state index contributed by atoms with van der Waals surface area (Å²) in [6.07, 6.45) is 3.98. The first kappa shape index (κ1) is 7.60. The SMILES string of the molecule is CC1(C)C[C@@]2(C)C[C@@H]1C[C@@H]2N. The summed E-state index contributed by atoms with van der Waals surface area (Å²) in [4.78, 5) is 0. The molecule has 2 fully saturated rings. The van der Waals surface area contributed by atoms with E-state index in [4.69, 9.17) is 5.73 Å². The van der Waals surface area contributed by atoms with Gasteiger partial charge in [0.25, 0.3) is 0 Å². The molecule has 0 saturated heterocycles. The van der Waals surface area contributed by atoms with E-state index in [2.05, 4.69) is 20.8 Å². The van der Waals surface area contributed by atoms with Crippen molar-refractivity contribution in [3.8, 4) is 0 Å². The van der Waals surface area contributed by atoms with Crippen LogP contribution >= 0.6 is 0 Å². The van der Waals surface area contributed by atoms with Gasteiger partial charge in [0.1, 0.15) is 0 Å². The Labute approximate surface area is 69.4 Å². The topological polar surface area (TPSA) is 26.0 Å². The first-order chi connectivity index (χ1) is 4.94. The average Bonchev–Trinajstić information content (AvgIpc) is 2.16. The van der Waals surface area contributed by atoms with Gasteiger partial charge in [0.05, 0.1) is 0 Å². The van der Waals surface area contributed by atoms with E-state index in [1.54, 1.807) is 0 Å². The van der Waals surface area contributed by atoms with Crippen LogP contribution in [0, 0.1) is 16.7 Å². The molecule has 0 aromatic rings. The molecule has 2 N–H and O–H groups in total. The standard InChI is InChI=1S/C10H19N/c1-9(2)6-10(3)5-7(9)4-8(10)11/h7-8H,4-6,11H2,1-3H3/t7-,8-,10+/m0/s1. The van der Waals surface area contributed by atoms with Crippen LogP contribution in [0.15, 0.2) is 0 Å². The van der Waals surface area contributed by atoms with Gasteiger partial charge in [-0.1, -0.05) is 20.8 Å². The largest absolute Gasteiger partial charge is 0.327 e. The van der Waals surface area contributed by atoms with Crippen molar-refractivity contribution in [3.05, 3.63) is 0 Å². The van der Waals surface area contributed by atoms with E-state index < -0.39 is 0 Å². The Morgan fingerprint density at radius 3 is 2.18 bits per heavy atom. The second-order valence-corrected chi connectivity index (χ2v) is 5.56. The molecule has 2 rings (SSSR count). The van der Waals surface area contributed by atoms with E-state index in [9.17, 15) is 0 Å². The summed E-state index contributed by atoms with van der Waals surface area (Å²) in [6, 6.07) is 0.487. The quantitative estimate of drug-likeness (QED) is 0.567. The molecule has 0 radical (unpaired) electrons. The zero-order chi connectivity index (χ0) is 8.28. The van der Waals surface area contributed by atoms with Crippen molar-refractivity contribution in [2.75, 3.05) is 0 Å². The van der Waals surface area contributed by atoms with Gasteiger partial charge in [0.2, 0.25) is 0 Å². The van der Waals surface area contributed by atoms with Crippen molar-refractivity contribution in [1.29, 1.82) is 0 Å². The van der Waals surface area contributed by atoms with Crippen molar-refractivity contribution in [2.45, 2.75) is 46.1 Å². The molecule has 0 spiro atoms. The van der Waals surface area contributed by atoms with Crippen LogP contribution in [0.1, 0.15) is 40.0 Å². The van der Waals surface area contributed by atoms with Crippen molar-refractivity contribution in [3.63, 3.8) is 0 Å². The number of nitrogens with two attached hydrogens (primary N) is 1. The molecule has 11 heavy (non-hydrogen) atoms. The van der Waals surface area contributed by atoms with E-state index in [0.29, 0.717) is 16.9 Å². The van der Waals surface area contributed by atoms with Gasteiger partial charge in [-0.15, -0.1) is 0 Å². The summed E-state index contributed by atoms with van der Waals surface area (Å²) in [5.74, 6) is 0.905. The molecule has 3 atom stereocenters. The molecule has 1 heteroatoms. The van der Waals surface area contributed by atoms with E-state index in [-0.39, 0.29) is 0 Å². The summed E-state index contributed by atoms with van der Waals surface area (Å²) in [7, 11) is 0. The summed E-state index contributed by atoms with van der Waals surface area (Å²) in [6.45, 7) is 7.16. The Hall–Kier alpha value is -0.0400. The van der Waals surface area contributed by atoms with Gasteiger partial charge in [-0.25, -0.2) is 0 Å². The Morgan fingerprint density at radius 1 is 1.27 bits per heavy atom. The third-order valence-corrected chi connectivity index (χ3v) is 4.11. The van der Waals surface area contributed by atoms with Crippen LogP contribution in [-0.2, 0) is 0 Å². The smallest absolute Gasteiger partial charge is 0.00960 e. The fraction of sp³-hybridized carbons (Fsp3) is 1.00. The predicted molar refractivity (Wildman–Crippen MR) is 47.2 cm³/mol. The highest BCUT2D eigenvalue weighted by Crippen LogP contribution is 2.61. The van der Waals surface area contributed by atoms with Crippen molar-refractivity contribution in [2.24, 2.45) is 22.5 Å². The Bertz CT molecular complexity index is 185. The molecule has 2 aliphatic rings. The van der Waals surface area contributed by atoms with Crippen molar-refractivity contribution >= 4 is 0 Å². The molecule has 1 nitrogen and oxygen atoms in total. The fourth-order valence-electron chi connectivity index (χ4n) is 3.37. The highest BCUT2D eigenvalue weighted by Gasteiger charge is 2.55. The Morgan fingerprint density at radius 2 is 1.91 bits per heavy atom. The van der Waals surface area contributed by atoms with Gasteiger partial charge in [-0.3, -0.25) is 0 Å². The maximum absolute atomic E-state index is 6.08. The molecule has 0 aromatic heterocycles. The van der Waals surface area contributed by atoms with E-state index in [0.717, 1.165) is 5.92 Å². The average molecular weight is 153 g/mol. The van der Waals surface area contributed by atoms with Gasteiger partial charge in [-0.2, -0.15) is 0 Å². The van der Waals surface area contributed by atoms with Crippen LogP contribution in [0.25, 0.3) is 0 Å². The minimum Gasteiger partial charge on any atom is -0.327 e. The van der Waals surface area contributed by atoms with Crippen LogP contribution < -0.4 is 5.73 Å². The van der Waals surface area contributed by atoms with E-state index in [1.165, 1.54) is 19.3 Å². The minimum atomic E-state index is 0.480. The van der Waals surface area contributed by atoms with E-state index >= 15 is 0 Å². The first-order valence-corrected chi connectivity index (χ1v) is 4.70. The van der Waals surface area contributed by atoms with Crippen LogP contribution in [0.2, 0.25) is 0 Å². The maximum atomic E-state index is 6.08. The molecule has 64 valence electrons. The second kappa shape index (κ2) is 1.82. The van der Waals surface area contributed by atoms with Crippen LogP contribution in [0.4, 0.5) is 0 Å². The van der Waals surface area contributed by atoms with Gasteiger partial charge < -0.3 is 5.73 Å². The lowest BCUT2D eigenvalue weighted by Crippen LogP contribution is -2.39. The van der Waals surface area contributed by atoms with Gasteiger partial charge in [-0.05, 0) is 36.0 Å². The summed E-state index contributed by atoms with van der Waals surface area (Å²) in [5.41, 5.74) is 7.13. The molecule has 0 aromatic carbocycles. The lowest BCUT2D eigenvalue weighted by atomic mass is 9.71. The molecule has 2 bridgehead atoms. The molecule has 2 aliphatic carbocycles. The van der Waals surface area contributed by atoms with Gasteiger partial charge >= 0.3 is 0 Å². The summed E-state index contributed by atoms with van der Waals surface area (Å²) in [5, 5.41) is 0. The maximum Gasteiger partial charge on any atom is 0.00960 e. The van der Waals surface area contributed by atoms with E-state index in [1.807, 2.05) is 0 Å². The number of hydrogen-bond acceptors (Lipinski definition) is 1. The van der Waals surface area contributed by atoms with Crippen LogP contribution in [0.5, 0.6) is 0 Å². The lowest BCUT2D eigenvalue weighted by molar-refractivity contribution is 0.160.